The van der Waals surface area contributed by atoms with Gasteiger partial charge < -0.3 is 10.6 Å². The second-order valence-electron chi connectivity index (χ2n) is 4.97. The fourth-order valence-corrected chi connectivity index (χ4v) is 2.59. The summed E-state index contributed by atoms with van der Waals surface area (Å²) in [6.45, 7) is 6.04. The first-order valence-electron chi connectivity index (χ1n) is 6.34. The van der Waals surface area contributed by atoms with Crippen molar-refractivity contribution in [3.05, 3.63) is 0 Å². The lowest BCUT2D eigenvalue weighted by molar-refractivity contribution is 0.350. The first kappa shape index (κ1) is 10.4. The Bertz CT molecular complexity index is 164. The average molecular weight is 196 g/mol. The van der Waals surface area contributed by atoms with E-state index < -0.39 is 0 Å². The van der Waals surface area contributed by atoms with Crippen molar-refractivity contribution >= 4 is 0 Å². The molecule has 2 N–H and O–H groups in total. The van der Waals surface area contributed by atoms with E-state index >= 15 is 0 Å². The zero-order valence-corrected chi connectivity index (χ0v) is 9.39. The van der Waals surface area contributed by atoms with E-state index in [1.807, 2.05) is 0 Å². The zero-order valence-electron chi connectivity index (χ0n) is 9.39. The molecular formula is C12H24N2. The second kappa shape index (κ2) is 5.13. The molecule has 1 heterocycles. The Labute approximate surface area is 87.8 Å². The van der Waals surface area contributed by atoms with Gasteiger partial charge in [-0.3, -0.25) is 0 Å². The first-order chi connectivity index (χ1) is 6.90. The van der Waals surface area contributed by atoms with Gasteiger partial charge in [-0.25, -0.2) is 0 Å². The summed E-state index contributed by atoms with van der Waals surface area (Å²) in [5.74, 6) is 1.94. The van der Waals surface area contributed by atoms with Gasteiger partial charge in [-0.15, -0.1) is 0 Å². The van der Waals surface area contributed by atoms with Crippen LogP contribution in [0.2, 0.25) is 0 Å². The second-order valence-corrected chi connectivity index (χ2v) is 4.97. The van der Waals surface area contributed by atoms with Gasteiger partial charge >= 0.3 is 0 Å². The highest BCUT2D eigenvalue weighted by molar-refractivity contribution is 4.91. The molecule has 0 amide bonds. The number of hydrogen-bond donors (Lipinski definition) is 2. The van der Waals surface area contributed by atoms with Crippen molar-refractivity contribution in [2.45, 2.75) is 45.1 Å². The van der Waals surface area contributed by atoms with Gasteiger partial charge in [-0.2, -0.15) is 0 Å². The van der Waals surface area contributed by atoms with Crippen molar-refractivity contribution in [3.8, 4) is 0 Å². The maximum absolute atomic E-state index is 3.68. The van der Waals surface area contributed by atoms with Crippen LogP contribution in [-0.4, -0.2) is 25.7 Å². The summed E-state index contributed by atoms with van der Waals surface area (Å²) in [6, 6.07) is 0.872. The molecule has 0 bridgehead atoms. The third-order valence-corrected chi connectivity index (χ3v) is 3.81. The van der Waals surface area contributed by atoms with Gasteiger partial charge in [0.15, 0.2) is 0 Å². The minimum atomic E-state index is 0.872. The normalized spacial score (nSPS) is 37.1. The topological polar surface area (TPSA) is 24.1 Å². The molecule has 3 atom stereocenters. The van der Waals surface area contributed by atoms with Gasteiger partial charge in [0.1, 0.15) is 0 Å². The van der Waals surface area contributed by atoms with Crippen LogP contribution in [0.3, 0.4) is 0 Å². The van der Waals surface area contributed by atoms with Crippen molar-refractivity contribution in [1.29, 1.82) is 0 Å². The predicted octanol–water partition coefficient (Wildman–Crippen LogP) is 1.76. The summed E-state index contributed by atoms with van der Waals surface area (Å²) in [5, 5.41) is 7.16. The highest BCUT2D eigenvalue weighted by Gasteiger charge is 2.34. The quantitative estimate of drug-likeness (QED) is 0.700. The number of piperidine rings is 1. The van der Waals surface area contributed by atoms with Crippen LogP contribution in [0.25, 0.3) is 0 Å². The highest BCUT2D eigenvalue weighted by atomic mass is 15.0. The van der Waals surface area contributed by atoms with Crippen LogP contribution >= 0.6 is 0 Å². The fraction of sp³-hybridized carbons (Fsp3) is 1.00. The standard InChI is InChI=1S/C12H24N2/c1-2-11-8-12(11)14-7-5-10-4-3-6-13-9-10/h10-14H,2-9H2,1H3. The van der Waals surface area contributed by atoms with E-state index in [1.165, 1.54) is 51.7 Å². The van der Waals surface area contributed by atoms with Gasteiger partial charge in [0.05, 0.1) is 0 Å². The molecule has 14 heavy (non-hydrogen) atoms. The fourth-order valence-electron chi connectivity index (χ4n) is 2.59. The molecule has 0 aromatic rings. The van der Waals surface area contributed by atoms with E-state index in [9.17, 15) is 0 Å². The average Bonchev–Trinajstić information content (AvgIpc) is 2.98. The van der Waals surface area contributed by atoms with Crippen LogP contribution in [0, 0.1) is 11.8 Å². The molecule has 2 heteroatoms. The van der Waals surface area contributed by atoms with Crippen LogP contribution < -0.4 is 10.6 Å². The molecule has 2 aliphatic rings. The lowest BCUT2D eigenvalue weighted by atomic mass is 9.96. The van der Waals surface area contributed by atoms with Crippen LogP contribution in [0.15, 0.2) is 0 Å². The van der Waals surface area contributed by atoms with Crippen molar-refractivity contribution in [3.63, 3.8) is 0 Å². The Morgan fingerprint density at radius 3 is 3.00 bits per heavy atom. The van der Waals surface area contributed by atoms with Gasteiger partial charge in [0.2, 0.25) is 0 Å². The van der Waals surface area contributed by atoms with E-state index in [1.54, 1.807) is 0 Å². The number of nitrogens with one attached hydrogen (secondary N) is 2. The third-order valence-electron chi connectivity index (χ3n) is 3.81. The highest BCUT2D eigenvalue weighted by Crippen LogP contribution is 2.33. The van der Waals surface area contributed by atoms with Crippen molar-refractivity contribution in [2.75, 3.05) is 19.6 Å². The van der Waals surface area contributed by atoms with Crippen LogP contribution in [0.4, 0.5) is 0 Å². The molecule has 2 nitrogen and oxygen atoms in total. The Hall–Kier alpha value is -0.0800. The zero-order chi connectivity index (χ0) is 9.80. The lowest BCUT2D eigenvalue weighted by Gasteiger charge is -2.22. The third kappa shape index (κ3) is 2.96. The molecule has 0 spiro atoms. The van der Waals surface area contributed by atoms with E-state index in [0.717, 1.165) is 17.9 Å². The molecule has 1 aliphatic heterocycles. The van der Waals surface area contributed by atoms with Crippen LogP contribution in [-0.2, 0) is 0 Å². The molecule has 0 aromatic carbocycles. The molecule has 1 aliphatic carbocycles. The Morgan fingerprint density at radius 2 is 2.36 bits per heavy atom. The van der Waals surface area contributed by atoms with Crippen molar-refractivity contribution in [1.82, 2.24) is 10.6 Å². The number of hydrogen-bond acceptors (Lipinski definition) is 2. The van der Waals surface area contributed by atoms with E-state index in [-0.39, 0.29) is 0 Å². The summed E-state index contributed by atoms with van der Waals surface area (Å²) in [7, 11) is 0. The molecule has 0 aromatic heterocycles. The smallest absolute Gasteiger partial charge is 0.00990 e. The molecule has 0 radical (unpaired) electrons. The summed E-state index contributed by atoms with van der Waals surface area (Å²) < 4.78 is 0. The molecule has 3 unspecified atom stereocenters. The maximum atomic E-state index is 3.68. The van der Waals surface area contributed by atoms with Crippen molar-refractivity contribution < 1.29 is 0 Å². The molecule has 1 saturated carbocycles. The SMILES string of the molecule is CCC1CC1NCCC1CCCNC1. The number of rotatable bonds is 5. The van der Waals surface area contributed by atoms with Gasteiger partial charge in [0.25, 0.3) is 0 Å². The van der Waals surface area contributed by atoms with Gasteiger partial charge in [0, 0.05) is 6.04 Å². The first-order valence-corrected chi connectivity index (χ1v) is 6.34. The summed E-state index contributed by atoms with van der Waals surface area (Å²) >= 11 is 0. The monoisotopic (exact) mass is 196 g/mol. The maximum Gasteiger partial charge on any atom is 0.00990 e. The van der Waals surface area contributed by atoms with Gasteiger partial charge in [-0.1, -0.05) is 13.3 Å². The molecule has 1 saturated heterocycles. The minimum Gasteiger partial charge on any atom is -0.316 e. The van der Waals surface area contributed by atoms with Gasteiger partial charge in [-0.05, 0) is 57.2 Å². The predicted molar refractivity (Wildman–Crippen MR) is 60.4 cm³/mol. The van der Waals surface area contributed by atoms with E-state index in [0.29, 0.717) is 0 Å². The van der Waals surface area contributed by atoms with E-state index in [4.69, 9.17) is 0 Å². The summed E-state index contributed by atoms with van der Waals surface area (Å²) in [4.78, 5) is 0. The molecule has 2 rings (SSSR count). The Balaban J connectivity index is 1.50. The van der Waals surface area contributed by atoms with E-state index in [2.05, 4.69) is 17.6 Å². The minimum absolute atomic E-state index is 0.872. The van der Waals surface area contributed by atoms with Crippen LogP contribution in [0.5, 0.6) is 0 Å². The van der Waals surface area contributed by atoms with Crippen LogP contribution in [0.1, 0.15) is 39.0 Å². The summed E-state index contributed by atoms with van der Waals surface area (Å²) in [5.41, 5.74) is 0. The Kier molecular flexibility index (Phi) is 3.82. The molecular weight excluding hydrogens is 172 g/mol. The summed E-state index contributed by atoms with van der Waals surface area (Å²) in [6.07, 6.45) is 6.99. The largest absolute Gasteiger partial charge is 0.316 e. The molecule has 2 fully saturated rings. The molecule has 82 valence electrons. The Morgan fingerprint density at radius 1 is 1.43 bits per heavy atom. The lowest BCUT2D eigenvalue weighted by Crippen LogP contribution is -2.32. The van der Waals surface area contributed by atoms with Crippen molar-refractivity contribution in [2.24, 2.45) is 11.8 Å².